The molecule has 5 nitrogen and oxygen atoms in total. The molecule has 2 aliphatic rings. The van der Waals surface area contributed by atoms with Gasteiger partial charge in [-0.2, -0.15) is 0 Å². The third-order valence-corrected chi connectivity index (χ3v) is 4.72. The predicted octanol–water partition coefficient (Wildman–Crippen LogP) is 1.32. The summed E-state index contributed by atoms with van der Waals surface area (Å²) in [4.78, 5) is 5.16. The quantitative estimate of drug-likeness (QED) is 0.259. The van der Waals surface area contributed by atoms with Gasteiger partial charge in [0.2, 0.25) is 0 Å². The number of amidine groups is 1. The zero-order valence-corrected chi connectivity index (χ0v) is 12.1. The normalized spacial score (nSPS) is 30.3. The summed E-state index contributed by atoms with van der Waals surface area (Å²) in [5, 5.41) is 11.5. The van der Waals surface area contributed by atoms with Crippen molar-refractivity contribution in [3.63, 3.8) is 0 Å². The first kappa shape index (κ1) is 14.6. The minimum atomic E-state index is 0.354. The standard InChI is InChI=1S/C14H28N4O/c1-17-8-4-5-12-11-18(10-7-13(12)17)9-3-2-6-14(15)16-19/h12-13,19H,2-11H2,1H3,(H2,15,16). The van der Waals surface area contributed by atoms with Crippen molar-refractivity contribution in [2.45, 2.75) is 44.6 Å². The maximum Gasteiger partial charge on any atom is 0.139 e. The lowest BCUT2D eigenvalue weighted by atomic mass is 9.84. The Morgan fingerprint density at radius 3 is 2.95 bits per heavy atom. The fourth-order valence-corrected chi connectivity index (χ4v) is 3.62. The molecule has 2 unspecified atom stereocenters. The largest absolute Gasteiger partial charge is 0.409 e. The molecule has 5 heteroatoms. The van der Waals surface area contributed by atoms with Crippen LogP contribution in [0.4, 0.5) is 0 Å². The van der Waals surface area contributed by atoms with Crippen molar-refractivity contribution in [1.29, 1.82) is 0 Å². The summed E-state index contributed by atoms with van der Waals surface area (Å²) < 4.78 is 0. The van der Waals surface area contributed by atoms with E-state index in [-0.39, 0.29) is 0 Å². The van der Waals surface area contributed by atoms with E-state index in [0.29, 0.717) is 12.3 Å². The Morgan fingerprint density at radius 2 is 2.16 bits per heavy atom. The second-order valence-corrected chi connectivity index (χ2v) is 6.09. The van der Waals surface area contributed by atoms with Crippen molar-refractivity contribution in [2.75, 3.05) is 33.2 Å². The number of likely N-dealkylation sites (tertiary alicyclic amines) is 2. The van der Waals surface area contributed by atoms with Crippen LogP contribution in [0.15, 0.2) is 5.16 Å². The van der Waals surface area contributed by atoms with E-state index in [1.54, 1.807) is 0 Å². The molecule has 0 aliphatic carbocycles. The van der Waals surface area contributed by atoms with Crippen LogP contribution in [0.3, 0.4) is 0 Å². The summed E-state index contributed by atoms with van der Waals surface area (Å²) in [5.74, 6) is 1.23. The number of rotatable bonds is 5. The Kier molecular flexibility index (Phi) is 5.45. The molecule has 2 saturated heterocycles. The Balaban J connectivity index is 1.67. The van der Waals surface area contributed by atoms with Crippen LogP contribution in [0, 0.1) is 5.92 Å². The number of piperidine rings is 2. The highest BCUT2D eigenvalue weighted by atomic mass is 16.4. The molecule has 0 spiro atoms. The molecule has 110 valence electrons. The third kappa shape index (κ3) is 4.08. The second kappa shape index (κ2) is 7.10. The van der Waals surface area contributed by atoms with E-state index < -0.39 is 0 Å². The van der Waals surface area contributed by atoms with Crippen molar-refractivity contribution in [3.05, 3.63) is 0 Å². The average Bonchev–Trinajstić information content (AvgIpc) is 2.43. The van der Waals surface area contributed by atoms with Gasteiger partial charge >= 0.3 is 0 Å². The highest BCUT2D eigenvalue weighted by molar-refractivity contribution is 5.79. The van der Waals surface area contributed by atoms with E-state index in [2.05, 4.69) is 22.0 Å². The van der Waals surface area contributed by atoms with Gasteiger partial charge in [0.25, 0.3) is 0 Å². The van der Waals surface area contributed by atoms with Crippen LogP contribution in [0.1, 0.15) is 38.5 Å². The Hall–Kier alpha value is -0.810. The van der Waals surface area contributed by atoms with Crippen molar-refractivity contribution < 1.29 is 5.21 Å². The lowest BCUT2D eigenvalue weighted by Gasteiger charge is -2.46. The van der Waals surface area contributed by atoms with Crippen LogP contribution < -0.4 is 5.73 Å². The van der Waals surface area contributed by atoms with E-state index in [0.717, 1.165) is 31.3 Å². The lowest BCUT2D eigenvalue weighted by molar-refractivity contribution is 0.0381. The molecule has 2 fully saturated rings. The number of hydrogen-bond donors (Lipinski definition) is 2. The molecule has 0 aromatic heterocycles. The van der Waals surface area contributed by atoms with Crippen molar-refractivity contribution in [3.8, 4) is 0 Å². The van der Waals surface area contributed by atoms with Crippen LogP contribution in [-0.2, 0) is 0 Å². The lowest BCUT2D eigenvalue weighted by Crippen LogP contribution is -2.52. The van der Waals surface area contributed by atoms with Gasteiger partial charge in [-0.1, -0.05) is 5.16 Å². The zero-order valence-electron chi connectivity index (χ0n) is 12.1. The highest BCUT2D eigenvalue weighted by Gasteiger charge is 2.33. The van der Waals surface area contributed by atoms with Gasteiger partial charge in [-0.25, -0.2) is 0 Å². The van der Waals surface area contributed by atoms with Gasteiger partial charge < -0.3 is 20.7 Å². The van der Waals surface area contributed by atoms with E-state index >= 15 is 0 Å². The molecule has 0 bridgehead atoms. The number of oxime groups is 1. The molecule has 2 atom stereocenters. The number of nitrogens with two attached hydrogens (primary N) is 1. The van der Waals surface area contributed by atoms with Gasteiger partial charge in [-0.15, -0.1) is 0 Å². The fourth-order valence-electron chi connectivity index (χ4n) is 3.62. The predicted molar refractivity (Wildman–Crippen MR) is 77.5 cm³/mol. The summed E-state index contributed by atoms with van der Waals surface area (Å²) in [7, 11) is 2.28. The van der Waals surface area contributed by atoms with Crippen molar-refractivity contribution in [1.82, 2.24) is 9.80 Å². The topological polar surface area (TPSA) is 65.1 Å². The smallest absolute Gasteiger partial charge is 0.139 e. The van der Waals surface area contributed by atoms with Crippen LogP contribution in [0.5, 0.6) is 0 Å². The summed E-state index contributed by atoms with van der Waals surface area (Å²) in [6.45, 7) is 4.93. The second-order valence-electron chi connectivity index (χ2n) is 6.09. The van der Waals surface area contributed by atoms with Crippen molar-refractivity contribution >= 4 is 5.84 Å². The first-order chi connectivity index (χ1) is 9.20. The van der Waals surface area contributed by atoms with Crippen LogP contribution >= 0.6 is 0 Å². The van der Waals surface area contributed by atoms with E-state index in [1.165, 1.54) is 38.9 Å². The summed E-state index contributed by atoms with van der Waals surface area (Å²) >= 11 is 0. The van der Waals surface area contributed by atoms with Gasteiger partial charge in [-0.05, 0) is 64.7 Å². The third-order valence-electron chi connectivity index (χ3n) is 4.72. The molecule has 0 amide bonds. The number of hydrogen-bond acceptors (Lipinski definition) is 4. The molecule has 2 aliphatic heterocycles. The summed E-state index contributed by atoms with van der Waals surface area (Å²) in [5.41, 5.74) is 5.48. The van der Waals surface area contributed by atoms with Gasteiger partial charge in [0.15, 0.2) is 0 Å². The molecule has 2 heterocycles. The van der Waals surface area contributed by atoms with Crippen LogP contribution in [0.25, 0.3) is 0 Å². The SMILES string of the molecule is CN1CCCC2CN(CCCCC(N)=NO)CCC21. The maximum atomic E-state index is 8.48. The van der Waals surface area contributed by atoms with Gasteiger partial charge in [0.1, 0.15) is 5.84 Å². The monoisotopic (exact) mass is 268 g/mol. The van der Waals surface area contributed by atoms with Gasteiger partial charge in [0.05, 0.1) is 0 Å². The van der Waals surface area contributed by atoms with Crippen molar-refractivity contribution in [2.24, 2.45) is 16.8 Å². The number of fused-ring (bicyclic) bond motifs is 1. The van der Waals surface area contributed by atoms with Crippen LogP contribution in [-0.4, -0.2) is 60.1 Å². The van der Waals surface area contributed by atoms with E-state index in [4.69, 9.17) is 10.9 Å². The first-order valence-electron chi connectivity index (χ1n) is 7.59. The van der Waals surface area contributed by atoms with E-state index in [9.17, 15) is 0 Å². The number of unbranched alkanes of at least 4 members (excludes halogenated alkanes) is 1. The zero-order chi connectivity index (χ0) is 13.7. The maximum absolute atomic E-state index is 8.48. The number of nitrogens with zero attached hydrogens (tertiary/aromatic N) is 3. The Morgan fingerprint density at radius 1 is 1.32 bits per heavy atom. The molecular weight excluding hydrogens is 240 g/mol. The first-order valence-corrected chi connectivity index (χ1v) is 7.59. The molecule has 2 rings (SSSR count). The highest BCUT2D eigenvalue weighted by Crippen LogP contribution is 2.29. The molecule has 0 aromatic rings. The summed E-state index contributed by atoms with van der Waals surface area (Å²) in [6, 6.07) is 0.821. The van der Waals surface area contributed by atoms with Gasteiger partial charge in [-0.3, -0.25) is 0 Å². The molecule has 0 radical (unpaired) electrons. The minimum Gasteiger partial charge on any atom is -0.409 e. The fraction of sp³-hybridized carbons (Fsp3) is 0.929. The van der Waals surface area contributed by atoms with Gasteiger partial charge in [0, 0.05) is 19.0 Å². The molecule has 0 saturated carbocycles. The van der Waals surface area contributed by atoms with E-state index in [1.807, 2.05) is 0 Å². The molecule has 0 aromatic carbocycles. The molecule has 19 heavy (non-hydrogen) atoms. The molecule has 3 N–H and O–H groups in total. The van der Waals surface area contributed by atoms with Crippen LogP contribution in [0.2, 0.25) is 0 Å². The molecular formula is C14H28N4O. The average molecular weight is 268 g/mol. The Bertz CT molecular complexity index is 308. The summed E-state index contributed by atoms with van der Waals surface area (Å²) in [6.07, 6.45) is 6.94. The minimum absolute atomic E-state index is 0.354. The Labute approximate surface area is 116 Å².